The molecule has 3 rings (SSSR count). The number of rotatable bonds is 2. The van der Waals surface area contributed by atoms with Crippen LogP contribution in [0.4, 0.5) is 13.2 Å². The number of hydrogen-bond donors (Lipinski definition) is 0. The van der Waals surface area contributed by atoms with Gasteiger partial charge in [-0.15, -0.1) is 0 Å². The predicted octanol–water partition coefficient (Wildman–Crippen LogP) is 5.92. The third-order valence-electron chi connectivity index (χ3n) is 3.71. The van der Waals surface area contributed by atoms with Crippen LogP contribution in [-0.2, 0) is 6.18 Å². The molecular weight excluding hydrogens is 311 g/mol. The van der Waals surface area contributed by atoms with Crippen LogP contribution in [-0.4, -0.2) is 0 Å². The summed E-state index contributed by atoms with van der Waals surface area (Å²) in [5.41, 5.74) is 0.607. The SMILES string of the molecule is N#C/C(=C/c1cccc(C(F)(F)F)c1)c1ccc2ccccc2c1. The zero-order valence-electron chi connectivity index (χ0n) is 12.5. The first-order chi connectivity index (χ1) is 11.5. The molecule has 0 saturated carbocycles. The molecule has 118 valence electrons. The molecule has 0 aliphatic carbocycles. The summed E-state index contributed by atoms with van der Waals surface area (Å²) in [4.78, 5) is 0. The Morgan fingerprint density at radius 1 is 0.875 bits per heavy atom. The fourth-order valence-corrected chi connectivity index (χ4v) is 2.51. The van der Waals surface area contributed by atoms with Crippen molar-refractivity contribution in [3.05, 3.63) is 83.4 Å². The molecule has 0 heterocycles. The van der Waals surface area contributed by atoms with Gasteiger partial charge in [-0.25, -0.2) is 0 Å². The van der Waals surface area contributed by atoms with Crippen LogP contribution in [0.25, 0.3) is 22.4 Å². The second-order valence-electron chi connectivity index (χ2n) is 5.35. The van der Waals surface area contributed by atoms with Crippen molar-refractivity contribution in [2.24, 2.45) is 0 Å². The minimum absolute atomic E-state index is 0.320. The van der Waals surface area contributed by atoms with Gasteiger partial charge in [-0.1, -0.05) is 48.5 Å². The molecule has 0 aromatic heterocycles. The molecule has 24 heavy (non-hydrogen) atoms. The van der Waals surface area contributed by atoms with Crippen molar-refractivity contribution < 1.29 is 13.2 Å². The highest BCUT2D eigenvalue weighted by Gasteiger charge is 2.30. The summed E-state index contributed by atoms with van der Waals surface area (Å²) in [5, 5.41) is 11.4. The van der Waals surface area contributed by atoms with Crippen LogP contribution in [0.1, 0.15) is 16.7 Å². The summed E-state index contributed by atoms with van der Waals surface area (Å²) in [6.07, 6.45) is -2.93. The highest BCUT2D eigenvalue weighted by molar-refractivity contribution is 5.94. The zero-order valence-corrected chi connectivity index (χ0v) is 12.5. The molecule has 1 nitrogen and oxygen atoms in total. The molecule has 0 radical (unpaired) electrons. The number of fused-ring (bicyclic) bond motifs is 1. The molecule has 0 N–H and O–H groups in total. The van der Waals surface area contributed by atoms with E-state index in [9.17, 15) is 18.4 Å². The fraction of sp³-hybridized carbons (Fsp3) is 0.0500. The lowest BCUT2D eigenvalue weighted by Gasteiger charge is -2.07. The highest BCUT2D eigenvalue weighted by Crippen LogP contribution is 2.30. The van der Waals surface area contributed by atoms with Gasteiger partial charge in [0, 0.05) is 0 Å². The average molecular weight is 323 g/mol. The van der Waals surface area contributed by atoms with Crippen LogP contribution in [0.5, 0.6) is 0 Å². The molecule has 3 aromatic carbocycles. The van der Waals surface area contributed by atoms with Gasteiger partial charge >= 0.3 is 6.18 Å². The van der Waals surface area contributed by atoms with Crippen LogP contribution < -0.4 is 0 Å². The standard InChI is InChI=1S/C20H12F3N/c21-20(22,23)19-7-3-4-14(11-19)10-18(13-24)17-9-8-15-5-1-2-6-16(15)12-17/h1-12H/b18-10-. The lowest BCUT2D eigenvalue weighted by molar-refractivity contribution is -0.137. The Balaban J connectivity index is 2.04. The molecule has 4 heteroatoms. The van der Waals surface area contributed by atoms with Crippen LogP contribution in [0, 0.1) is 11.3 Å². The van der Waals surface area contributed by atoms with Crippen molar-refractivity contribution in [1.82, 2.24) is 0 Å². The van der Waals surface area contributed by atoms with E-state index in [-0.39, 0.29) is 0 Å². The van der Waals surface area contributed by atoms with Gasteiger partial charge in [0.25, 0.3) is 0 Å². The van der Waals surface area contributed by atoms with Crippen LogP contribution >= 0.6 is 0 Å². The number of alkyl halides is 3. The Labute approximate surface area is 137 Å². The summed E-state index contributed by atoms with van der Waals surface area (Å²) in [7, 11) is 0. The Morgan fingerprint density at radius 3 is 2.33 bits per heavy atom. The number of halogens is 3. The van der Waals surface area contributed by atoms with Crippen molar-refractivity contribution in [3.8, 4) is 6.07 Å². The topological polar surface area (TPSA) is 23.8 Å². The summed E-state index contributed by atoms with van der Waals surface area (Å²) >= 11 is 0. The molecule has 0 fully saturated rings. The summed E-state index contributed by atoms with van der Waals surface area (Å²) in [5.74, 6) is 0. The monoisotopic (exact) mass is 323 g/mol. The van der Waals surface area contributed by atoms with Crippen molar-refractivity contribution in [2.75, 3.05) is 0 Å². The van der Waals surface area contributed by atoms with E-state index >= 15 is 0 Å². The van der Waals surface area contributed by atoms with Gasteiger partial charge in [-0.3, -0.25) is 0 Å². The molecule has 0 spiro atoms. The van der Waals surface area contributed by atoms with Crippen molar-refractivity contribution in [3.63, 3.8) is 0 Å². The van der Waals surface area contributed by atoms with E-state index in [1.54, 1.807) is 12.1 Å². The largest absolute Gasteiger partial charge is 0.416 e. The first-order valence-corrected chi connectivity index (χ1v) is 7.25. The number of allylic oxidation sites excluding steroid dienone is 1. The van der Waals surface area contributed by atoms with E-state index in [0.29, 0.717) is 16.7 Å². The molecule has 0 amide bonds. The van der Waals surface area contributed by atoms with E-state index in [1.807, 2.05) is 36.4 Å². The van der Waals surface area contributed by atoms with Gasteiger partial charge < -0.3 is 0 Å². The maximum atomic E-state index is 12.8. The maximum absolute atomic E-state index is 12.8. The minimum atomic E-state index is -4.40. The first-order valence-electron chi connectivity index (χ1n) is 7.25. The quantitative estimate of drug-likeness (QED) is 0.424. The predicted molar refractivity (Wildman–Crippen MR) is 88.9 cm³/mol. The second-order valence-corrected chi connectivity index (χ2v) is 5.35. The molecule has 0 unspecified atom stereocenters. The second kappa shape index (κ2) is 6.21. The number of nitrogens with zero attached hydrogens (tertiary/aromatic N) is 1. The normalized spacial score (nSPS) is 12.2. The van der Waals surface area contributed by atoms with Gasteiger partial charge in [0.2, 0.25) is 0 Å². The Bertz CT molecular complexity index is 962. The average Bonchev–Trinajstić information content (AvgIpc) is 2.59. The summed E-state index contributed by atoms with van der Waals surface area (Å²) < 4.78 is 38.4. The molecule has 0 atom stereocenters. The lowest BCUT2D eigenvalue weighted by atomic mass is 9.99. The van der Waals surface area contributed by atoms with E-state index in [2.05, 4.69) is 6.07 Å². The van der Waals surface area contributed by atoms with Crippen LogP contribution in [0.3, 0.4) is 0 Å². The van der Waals surface area contributed by atoms with Crippen LogP contribution in [0.15, 0.2) is 66.7 Å². The molecule has 0 aliphatic rings. The third-order valence-corrected chi connectivity index (χ3v) is 3.71. The van der Waals surface area contributed by atoms with Crippen LogP contribution in [0.2, 0.25) is 0 Å². The number of nitriles is 1. The summed E-state index contributed by atoms with van der Waals surface area (Å²) in [6, 6.07) is 20.3. The molecular formula is C20H12F3N. The van der Waals surface area contributed by atoms with Gasteiger partial charge in [0.15, 0.2) is 0 Å². The van der Waals surface area contributed by atoms with Gasteiger partial charge in [0.05, 0.1) is 17.2 Å². The number of benzene rings is 3. The van der Waals surface area contributed by atoms with Gasteiger partial charge in [-0.2, -0.15) is 18.4 Å². The third kappa shape index (κ3) is 3.31. The zero-order chi connectivity index (χ0) is 17.2. The lowest BCUT2D eigenvalue weighted by Crippen LogP contribution is -2.04. The maximum Gasteiger partial charge on any atom is 0.416 e. The Morgan fingerprint density at radius 2 is 1.62 bits per heavy atom. The van der Waals surface area contributed by atoms with E-state index in [0.717, 1.165) is 22.9 Å². The van der Waals surface area contributed by atoms with Crippen molar-refractivity contribution in [1.29, 1.82) is 5.26 Å². The summed E-state index contributed by atoms with van der Waals surface area (Å²) in [6.45, 7) is 0. The highest BCUT2D eigenvalue weighted by atomic mass is 19.4. The van der Waals surface area contributed by atoms with Crippen molar-refractivity contribution >= 4 is 22.4 Å². The minimum Gasteiger partial charge on any atom is -0.192 e. The van der Waals surface area contributed by atoms with Gasteiger partial charge in [-0.05, 0) is 46.2 Å². The smallest absolute Gasteiger partial charge is 0.192 e. The first kappa shape index (κ1) is 15.8. The number of hydrogen-bond acceptors (Lipinski definition) is 1. The van der Waals surface area contributed by atoms with E-state index in [4.69, 9.17) is 0 Å². The molecule has 0 saturated heterocycles. The Kier molecular flexibility index (Phi) is 4.09. The fourth-order valence-electron chi connectivity index (χ4n) is 2.51. The van der Waals surface area contributed by atoms with E-state index < -0.39 is 11.7 Å². The molecule has 3 aromatic rings. The van der Waals surface area contributed by atoms with Crippen molar-refractivity contribution in [2.45, 2.75) is 6.18 Å². The molecule has 0 bridgehead atoms. The molecule has 0 aliphatic heterocycles. The Hall–Kier alpha value is -3.06. The van der Waals surface area contributed by atoms with Gasteiger partial charge in [0.1, 0.15) is 0 Å². The van der Waals surface area contributed by atoms with E-state index in [1.165, 1.54) is 12.1 Å².